The minimum Gasteiger partial charge on any atom is -0.493 e. The van der Waals surface area contributed by atoms with E-state index in [9.17, 15) is 4.79 Å². The number of rotatable bonds is 9. The topological polar surface area (TPSA) is 59.6 Å². The molecule has 0 aliphatic rings. The summed E-state index contributed by atoms with van der Waals surface area (Å²) in [5.74, 6) is 0.562. The second-order valence-corrected chi connectivity index (χ2v) is 7.73. The summed E-state index contributed by atoms with van der Waals surface area (Å²) in [6.45, 7) is 4.54. The number of amides is 1. The molecule has 31 heavy (non-hydrogen) atoms. The van der Waals surface area contributed by atoms with Crippen molar-refractivity contribution in [1.29, 1.82) is 0 Å². The molecule has 2 N–H and O–H groups in total. The van der Waals surface area contributed by atoms with E-state index in [1.165, 1.54) is 5.56 Å². The van der Waals surface area contributed by atoms with Crippen LogP contribution in [-0.4, -0.2) is 19.6 Å². The highest BCUT2D eigenvalue weighted by molar-refractivity contribution is 6.32. The fourth-order valence-corrected chi connectivity index (χ4v) is 3.41. The van der Waals surface area contributed by atoms with Crippen LogP contribution in [0.5, 0.6) is 11.5 Å². The molecule has 1 amide bonds. The molecule has 5 nitrogen and oxygen atoms in total. The minimum absolute atomic E-state index is 0.174. The third-order valence-electron chi connectivity index (χ3n) is 4.88. The lowest BCUT2D eigenvalue weighted by molar-refractivity contribution is -0.118. The molecule has 1 atom stereocenters. The molecule has 3 aromatic carbocycles. The smallest absolute Gasteiger partial charge is 0.262 e. The summed E-state index contributed by atoms with van der Waals surface area (Å²) in [5.41, 5.74) is 4.01. The lowest BCUT2D eigenvalue weighted by atomic mass is 10.1. The van der Waals surface area contributed by atoms with Crippen LogP contribution in [0.4, 0.5) is 5.69 Å². The second-order valence-electron chi connectivity index (χ2n) is 7.33. The van der Waals surface area contributed by atoms with Crippen molar-refractivity contribution in [2.75, 3.05) is 19.0 Å². The number of halogens is 1. The Labute approximate surface area is 188 Å². The molecular formula is C25H27ClN2O3. The van der Waals surface area contributed by atoms with Gasteiger partial charge in [0.2, 0.25) is 0 Å². The average molecular weight is 439 g/mol. The number of benzene rings is 3. The van der Waals surface area contributed by atoms with Gasteiger partial charge in [-0.2, -0.15) is 0 Å². The maximum atomic E-state index is 12.2. The number of hydrogen-bond donors (Lipinski definition) is 2. The molecule has 0 aliphatic heterocycles. The zero-order valence-electron chi connectivity index (χ0n) is 17.9. The van der Waals surface area contributed by atoms with Crippen LogP contribution < -0.4 is 20.1 Å². The van der Waals surface area contributed by atoms with Gasteiger partial charge >= 0.3 is 0 Å². The number of carbonyl (C=O) groups excluding carboxylic acids is 1. The standard InChI is InChI=1S/C25H27ClN2O3/c1-17-9-11-21(12-10-17)28-24(29)16-31-25-22(26)13-19(14-23(25)30-3)15-27-18(2)20-7-5-4-6-8-20/h4-14,18,27H,15-16H2,1-3H3,(H,28,29). The molecule has 0 saturated carbocycles. The van der Waals surface area contributed by atoms with Crippen LogP contribution in [0.3, 0.4) is 0 Å². The predicted molar refractivity (Wildman–Crippen MR) is 125 cm³/mol. The highest BCUT2D eigenvalue weighted by Crippen LogP contribution is 2.36. The molecular weight excluding hydrogens is 412 g/mol. The Kier molecular flexibility index (Phi) is 7.93. The SMILES string of the molecule is COc1cc(CNC(C)c2ccccc2)cc(Cl)c1OCC(=O)Nc1ccc(C)cc1. The molecule has 6 heteroatoms. The number of nitrogens with one attached hydrogen (secondary N) is 2. The Morgan fingerprint density at radius 3 is 2.45 bits per heavy atom. The summed E-state index contributed by atoms with van der Waals surface area (Å²) in [4.78, 5) is 12.2. The fourth-order valence-electron chi connectivity index (χ4n) is 3.12. The third kappa shape index (κ3) is 6.48. The summed E-state index contributed by atoms with van der Waals surface area (Å²) in [7, 11) is 1.55. The van der Waals surface area contributed by atoms with Crippen LogP contribution >= 0.6 is 11.6 Å². The van der Waals surface area contributed by atoms with Crippen molar-refractivity contribution in [1.82, 2.24) is 5.32 Å². The Hall–Kier alpha value is -3.02. The number of aryl methyl sites for hydroxylation is 1. The predicted octanol–water partition coefficient (Wildman–Crippen LogP) is 5.53. The van der Waals surface area contributed by atoms with Crippen molar-refractivity contribution in [3.8, 4) is 11.5 Å². The average Bonchev–Trinajstić information content (AvgIpc) is 2.78. The zero-order chi connectivity index (χ0) is 22.2. The first-order valence-electron chi connectivity index (χ1n) is 10.1. The number of hydrogen-bond acceptors (Lipinski definition) is 4. The van der Waals surface area contributed by atoms with E-state index in [2.05, 4.69) is 29.7 Å². The van der Waals surface area contributed by atoms with Crippen LogP contribution in [0.2, 0.25) is 5.02 Å². The summed E-state index contributed by atoms with van der Waals surface area (Å²) in [6, 6.07) is 21.7. The largest absolute Gasteiger partial charge is 0.493 e. The summed E-state index contributed by atoms with van der Waals surface area (Å²) in [6.07, 6.45) is 0. The first-order chi connectivity index (χ1) is 15.0. The van der Waals surface area contributed by atoms with Crippen LogP contribution in [-0.2, 0) is 11.3 Å². The van der Waals surface area contributed by atoms with Crippen molar-refractivity contribution < 1.29 is 14.3 Å². The molecule has 0 fully saturated rings. The second kappa shape index (κ2) is 10.8. The van der Waals surface area contributed by atoms with Gasteiger partial charge in [-0.3, -0.25) is 4.79 Å². The van der Waals surface area contributed by atoms with Crippen molar-refractivity contribution >= 4 is 23.2 Å². The van der Waals surface area contributed by atoms with E-state index in [0.29, 0.717) is 28.8 Å². The molecule has 0 heterocycles. The van der Waals surface area contributed by atoms with E-state index >= 15 is 0 Å². The van der Waals surface area contributed by atoms with Gasteiger partial charge in [-0.05, 0) is 49.2 Å². The maximum Gasteiger partial charge on any atom is 0.262 e. The normalized spacial score (nSPS) is 11.6. The van der Waals surface area contributed by atoms with Gasteiger partial charge in [0.25, 0.3) is 5.91 Å². The van der Waals surface area contributed by atoms with Gasteiger partial charge in [0.05, 0.1) is 12.1 Å². The van der Waals surface area contributed by atoms with Crippen molar-refractivity contribution in [3.05, 3.63) is 88.4 Å². The molecule has 0 radical (unpaired) electrons. The van der Waals surface area contributed by atoms with Gasteiger partial charge in [-0.15, -0.1) is 0 Å². The first-order valence-corrected chi connectivity index (χ1v) is 10.5. The zero-order valence-corrected chi connectivity index (χ0v) is 18.7. The van der Waals surface area contributed by atoms with Crippen molar-refractivity contribution in [2.45, 2.75) is 26.4 Å². The molecule has 1 unspecified atom stereocenters. The molecule has 0 aliphatic carbocycles. The highest BCUT2D eigenvalue weighted by Gasteiger charge is 2.15. The molecule has 162 valence electrons. The Balaban J connectivity index is 1.60. The van der Waals surface area contributed by atoms with Gasteiger partial charge in [0.1, 0.15) is 0 Å². The molecule has 0 bridgehead atoms. The molecule has 0 aromatic heterocycles. The minimum atomic E-state index is -0.274. The monoisotopic (exact) mass is 438 g/mol. The van der Waals surface area contributed by atoms with Crippen molar-refractivity contribution in [2.24, 2.45) is 0 Å². The van der Waals surface area contributed by atoms with Gasteiger partial charge in [-0.25, -0.2) is 0 Å². The number of anilines is 1. The Morgan fingerprint density at radius 1 is 1.06 bits per heavy atom. The van der Waals surface area contributed by atoms with Crippen LogP contribution in [0.25, 0.3) is 0 Å². The fraction of sp³-hybridized carbons (Fsp3) is 0.240. The quantitative estimate of drug-likeness (QED) is 0.461. The lowest BCUT2D eigenvalue weighted by Crippen LogP contribution is -2.20. The molecule has 3 aromatic rings. The van der Waals surface area contributed by atoms with E-state index in [4.69, 9.17) is 21.1 Å². The third-order valence-corrected chi connectivity index (χ3v) is 5.16. The van der Waals surface area contributed by atoms with E-state index in [0.717, 1.165) is 11.1 Å². The van der Waals surface area contributed by atoms with E-state index in [1.807, 2.05) is 61.5 Å². The Morgan fingerprint density at radius 2 is 1.77 bits per heavy atom. The number of carbonyl (C=O) groups is 1. The Bertz CT molecular complexity index is 1010. The molecule has 0 saturated heterocycles. The first kappa shape index (κ1) is 22.7. The van der Waals surface area contributed by atoms with Gasteiger partial charge in [-0.1, -0.05) is 59.6 Å². The van der Waals surface area contributed by atoms with E-state index in [1.54, 1.807) is 7.11 Å². The van der Waals surface area contributed by atoms with E-state index < -0.39 is 0 Å². The van der Waals surface area contributed by atoms with Crippen LogP contribution in [0, 0.1) is 6.92 Å². The lowest BCUT2D eigenvalue weighted by Gasteiger charge is -2.17. The highest BCUT2D eigenvalue weighted by atomic mass is 35.5. The van der Waals surface area contributed by atoms with Crippen LogP contribution in [0.15, 0.2) is 66.7 Å². The van der Waals surface area contributed by atoms with Crippen molar-refractivity contribution in [3.63, 3.8) is 0 Å². The van der Waals surface area contributed by atoms with Gasteiger partial charge in [0.15, 0.2) is 18.1 Å². The van der Waals surface area contributed by atoms with Gasteiger partial charge < -0.3 is 20.1 Å². The summed E-state index contributed by atoms with van der Waals surface area (Å²) >= 11 is 6.44. The van der Waals surface area contributed by atoms with Gasteiger partial charge in [0, 0.05) is 18.3 Å². The molecule has 0 spiro atoms. The summed E-state index contributed by atoms with van der Waals surface area (Å²) in [5, 5.41) is 6.67. The van der Waals surface area contributed by atoms with Crippen LogP contribution in [0.1, 0.15) is 29.7 Å². The van der Waals surface area contributed by atoms with E-state index in [-0.39, 0.29) is 18.6 Å². The summed E-state index contributed by atoms with van der Waals surface area (Å²) < 4.78 is 11.1. The number of ether oxygens (including phenoxy) is 2. The molecule has 3 rings (SSSR count). The maximum absolute atomic E-state index is 12.2. The number of methoxy groups -OCH3 is 1.